The van der Waals surface area contributed by atoms with E-state index < -0.39 is 12.8 Å². The zero-order chi connectivity index (χ0) is 19.7. The van der Waals surface area contributed by atoms with E-state index in [0.29, 0.717) is 44.4 Å². The molecular weight excluding hydrogens is 365 g/mol. The van der Waals surface area contributed by atoms with Crippen LogP contribution in [0, 0.1) is 0 Å². The summed E-state index contributed by atoms with van der Waals surface area (Å²) in [6.45, 7) is 2.89. The maximum absolute atomic E-state index is 12.0. The Hall–Kier alpha value is -1.88. The normalized spacial score (nSPS) is 17.7. The lowest BCUT2D eigenvalue weighted by molar-refractivity contribution is -0.173. The van der Waals surface area contributed by atoms with Gasteiger partial charge in [0, 0.05) is 39.3 Å². The zero-order valence-corrected chi connectivity index (χ0v) is 15.7. The van der Waals surface area contributed by atoms with E-state index in [1.165, 1.54) is 0 Å². The summed E-state index contributed by atoms with van der Waals surface area (Å²) in [5, 5.41) is 10.9. The zero-order valence-electron chi connectivity index (χ0n) is 15.7. The first-order valence-corrected chi connectivity index (χ1v) is 9.02. The summed E-state index contributed by atoms with van der Waals surface area (Å²) in [6, 6.07) is 0.147. The highest BCUT2D eigenvalue weighted by Gasteiger charge is 2.27. The van der Waals surface area contributed by atoms with Gasteiger partial charge in [0.15, 0.2) is 11.8 Å². The summed E-state index contributed by atoms with van der Waals surface area (Å²) >= 11 is 0. The molecule has 0 spiro atoms. The molecule has 0 aliphatic carbocycles. The number of halogens is 3. The maximum atomic E-state index is 12.0. The Kier molecular flexibility index (Phi) is 8.29. The number of methoxy groups -OCH3 is 1. The van der Waals surface area contributed by atoms with Crippen LogP contribution in [-0.4, -0.2) is 66.4 Å². The molecule has 1 atom stereocenters. The van der Waals surface area contributed by atoms with Crippen molar-refractivity contribution in [1.29, 1.82) is 0 Å². The topological polar surface area (TPSA) is 85.6 Å². The van der Waals surface area contributed by atoms with Crippen LogP contribution in [0.3, 0.4) is 0 Å². The van der Waals surface area contributed by atoms with Gasteiger partial charge in [-0.25, -0.2) is 9.67 Å². The van der Waals surface area contributed by atoms with Crippen molar-refractivity contribution in [3.05, 3.63) is 11.6 Å². The van der Waals surface area contributed by atoms with Gasteiger partial charge < -0.3 is 20.1 Å². The third-order valence-corrected chi connectivity index (χ3v) is 3.84. The van der Waals surface area contributed by atoms with Crippen LogP contribution in [0.4, 0.5) is 13.2 Å². The van der Waals surface area contributed by atoms with Gasteiger partial charge in [0.25, 0.3) is 0 Å². The van der Waals surface area contributed by atoms with Crippen molar-refractivity contribution >= 4 is 5.96 Å². The molecule has 0 saturated carbocycles. The lowest BCUT2D eigenvalue weighted by Crippen LogP contribution is -2.47. The molecule has 1 aliphatic heterocycles. The van der Waals surface area contributed by atoms with Crippen molar-refractivity contribution in [3.8, 4) is 0 Å². The lowest BCUT2D eigenvalue weighted by Gasteiger charge is -2.25. The fraction of sp³-hybridized carbons (Fsp3) is 0.812. The number of hydrogen-bond acceptors (Lipinski definition) is 5. The van der Waals surface area contributed by atoms with Gasteiger partial charge in [-0.1, -0.05) is 0 Å². The van der Waals surface area contributed by atoms with E-state index in [-0.39, 0.29) is 12.6 Å². The maximum Gasteiger partial charge on any atom is 0.411 e. The number of nitrogens with zero attached hydrogens (tertiary/aromatic N) is 4. The van der Waals surface area contributed by atoms with Crippen LogP contribution in [0.5, 0.6) is 0 Å². The number of ether oxygens (including phenoxy) is 2. The first kappa shape index (κ1) is 21.4. The van der Waals surface area contributed by atoms with Crippen LogP contribution < -0.4 is 10.6 Å². The molecule has 1 aromatic rings. The van der Waals surface area contributed by atoms with Crippen LogP contribution in [0.1, 0.15) is 31.4 Å². The van der Waals surface area contributed by atoms with Gasteiger partial charge in [-0.3, -0.25) is 4.99 Å². The molecule has 0 fully saturated rings. The van der Waals surface area contributed by atoms with Crippen molar-refractivity contribution < 1.29 is 22.6 Å². The van der Waals surface area contributed by atoms with Crippen LogP contribution >= 0.6 is 0 Å². The SMILES string of the molecule is CCNC(=NCCCOCC(F)(F)F)NC1CCc2nc(COC)nn2C1. The molecule has 2 heterocycles. The summed E-state index contributed by atoms with van der Waals surface area (Å²) in [5.41, 5.74) is 0. The molecular formula is C16H27F3N6O2. The minimum absolute atomic E-state index is 0.0242. The number of aliphatic imine (C=N–C) groups is 1. The molecule has 154 valence electrons. The third-order valence-electron chi connectivity index (χ3n) is 3.84. The lowest BCUT2D eigenvalue weighted by atomic mass is 10.1. The van der Waals surface area contributed by atoms with E-state index in [2.05, 4.69) is 30.4 Å². The number of rotatable bonds is 9. The minimum Gasteiger partial charge on any atom is -0.377 e. The molecule has 0 amide bonds. The van der Waals surface area contributed by atoms with Gasteiger partial charge in [-0.2, -0.15) is 18.3 Å². The second kappa shape index (κ2) is 10.5. The monoisotopic (exact) mass is 392 g/mol. The molecule has 11 heteroatoms. The number of guanidine groups is 1. The van der Waals surface area contributed by atoms with E-state index in [1.807, 2.05) is 11.6 Å². The molecule has 0 radical (unpaired) electrons. The van der Waals surface area contributed by atoms with Crippen LogP contribution in [0.25, 0.3) is 0 Å². The Balaban J connectivity index is 1.79. The first-order valence-electron chi connectivity index (χ1n) is 9.02. The predicted molar refractivity (Wildman–Crippen MR) is 93.4 cm³/mol. The van der Waals surface area contributed by atoms with Gasteiger partial charge >= 0.3 is 6.18 Å². The van der Waals surface area contributed by atoms with Crippen LogP contribution in [0.2, 0.25) is 0 Å². The molecule has 0 aromatic carbocycles. The van der Waals surface area contributed by atoms with E-state index >= 15 is 0 Å². The number of alkyl halides is 3. The van der Waals surface area contributed by atoms with Gasteiger partial charge in [0.1, 0.15) is 19.0 Å². The number of aryl methyl sites for hydroxylation is 1. The highest BCUT2D eigenvalue weighted by atomic mass is 19.4. The summed E-state index contributed by atoms with van der Waals surface area (Å²) in [5.74, 6) is 2.26. The van der Waals surface area contributed by atoms with Crippen LogP contribution in [0.15, 0.2) is 4.99 Å². The predicted octanol–water partition coefficient (Wildman–Crippen LogP) is 1.26. The molecule has 0 bridgehead atoms. The van der Waals surface area contributed by atoms with Gasteiger partial charge in [0.05, 0.1) is 6.54 Å². The Labute approximate surface area is 156 Å². The summed E-state index contributed by atoms with van der Waals surface area (Å²) < 4.78 is 47.6. The van der Waals surface area contributed by atoms with Crippen molar-refractivity contribution in [2.45, 2.75) is 51.6 Å². The van der Waals surface area contributed by atoms with Crippen LogP contribution in [-0.2, 0) is 29.0 Å². The largest absolute Gasteiger partial charge is 0.411 e. The average Bonchev–Trinajstić information content (AvgIpc) is 2.99. The average molecular weight is 392 g/mol. The minimum atomic E-state index is -4.29. The van der Waals surface area contributed by atoms with Crippen molar-refractivity contribution in [2.24, 2.45) is 4.99 Å². The van der Waals surface area contributed by atoms with E-state index in [4.69, 9.17) is 4.74 Å². The molecule has 8 nitrogen and oxygen atoms in total. The Bertz CT molecular complexity index is 605. The quantitative estimate of drug-likeness (QED) is 0.374. The van der Waals surface area contributed by atoms with E-state index in [1.54, 1.807) is 7.11 Å². The second-order valence-corrected chi connectivity index (χ2v) is 6.22. The van der Waals surface area contributed by atoms with Crippen molar-refractivity contribution in [1.82, 2.24) is 25.4 Å². The van der Waals surface area contributed by atoms with Crippen molar-refractivity contribution in [2.75, 3.05) is 33.4 Å². The summed E-state index contributed by atoms with van der Waals surface area (Å²) in [4.78, 5) is 8.85. The number of fused-ring (bicyclic) bond motifs is 1. The summed E-state index contributed by atoms with van der Waals surface area (Å²) in [6.07, 6.45) is -2.17. The standard InChI is InChI=1S/C16H27F3N6O2/c1-3-20-15(21-7-4-8-27-11-16(17,18)19)22-12-5-6-14-23-13(10-26-2)24-25(14)9-12/h12H,3-11H2,1-2H3,(H2,20,21,22). The Morgan fingerprint density at radius 1 is 1.41 bits per heavy atom. The number of hydrogen-bond donors (Lipinski definition) is 2. The number of aromatic nitrogens is 3. The van der Waals surface area contributed by atoms with Crippen molar-refractivity contribution in [3.63, 3.8) is 0 Å². The fourth-order valence-electron chi connectivity index (χ4n) is 2.73. The van der Waals surface area contributed by atoms with Gasteiger partial charge in [-0.15, -0.1) is 0 Å². The molecule has 2 N–H and O–H groups in total. The molecule has 1 aromatic heterocycles. The third kappa shape index (κ3) is 7.71. The highest BCUT2D eigenvalue weighted by molar-refractivity contribution is 5.80. The first-order chi connectivity index (χ1) is 12.9. The Morgan fingerprint density at radius 2 is 2.22 bits per heavy atom. The molecule has 1 aliphatic rings. The van der Waals surface area contributed by atoms with Gasteiger partial charge in [0.2, 0.25) is 0 Å². The summed E-state index contributed by atoms with van der Waals surface area (Å²) in [7, 11) is 1.61. The van der Waals surface area contributed by atoms with Gasteiger partial charge in [-0.05, 0) is 19.8 Å². The van der Waals surface area contributed by atoms with E-state index in [9.17, 15) is 13.2 Å². The fourth-order valence-corrected chi connectivity index (χ4v) is 2.73. The molecule has 27 heavy (non-hydrogen) atoms. The molecule has 2 rings (SSSR count). The molecule has 1 unspecified atom stereocenters. The second-order valence-electron chi connectivity index (χ2n) is 6.22. The number of nitrogens with one attached hydrogen (secondary N) is 2. The molecule has 0 saturated heterocycles. The highest BCUT2D eigenvalue weighted by Crippen LogP contribution is 2.15. The Morgan fingerprint density at radius 3 is 2.93 bits per heavy atom. The smallest absolute Gasteiger partial charge is 0.377 e. The van der Waals surface area contributed by atoms with E-state index in [0.717, 1.165) is 18.7 Å².